The molecule has 0 heterocycles. The highest BCUT2D eigenvalue weighted by Crippen LogP contribution is 2.36. The maximum Gasteiger partial charge on any atom is 0.0549 e. The molecule has 1 aromatic rings. The van der Waals surface area contributed by atoms with Gasteiger partial charge in [0, 0.05) is 16.2 Å². The molecule has 0 aromatic heterocycles. The number of anilines is 1. The first-order chi connectivity index (χ1) is 7.20. The molecule has 1 aliphatic rings. The third-order valence-corrected chi connectivity index (χ3v) is 4.12. The summed E-state index contributed by atoms with van der Waals surface area (Å²) in [4.78, 5) is 0. The molecule has 1 fully saturated rings. The van der Waals surface area contributed by atoms with Crippen LogP contribution in [0, 0.1) is 5.92 Å². The molecule has 1 aromatic carbocycles. The van der Waals surface area contributed by atoms with Crippen molar-refractivity contribution in [2.75, 3.05) is 5.32 Å². The summed E-state index contributed by atoms with van der Waals surface area (Å²) in [7, 11) is 0. The first-order valence-electron chi connectivity index (χ1n) is 5.42. The molecule has 0 bridgehead atoms. The summed E-state index contributed by atoms with van der Waals surface area (Å²) in [6.45, 7) is 2.24. The van der Waals surface area contributed by atoms with Crippen LogP contribution < -0.4 is 5.32 Å². The van der Waals surface area contributed by atoms with Crippen LogP contribution in [0.25, 0.3) is 0 Å². The first kappa shape index (κ1) is 11.3. The Bertz CT molecular complexity index is 349. The second-order valence-electron chi connectivity index (χ2n) is 4.13. The first-order valence-corrected chi connectivity index (χ1v) is 6.59. The zero-order valence-corrected chi connectivity index (χ0v) is 11.1. The fraction of sp³-hybridized carbons (Fsp3) is 0.500. The lowest BCUT2D eigenvalue weighted by molar-refractivity contribution is 0.616. The van der Waals surface area contributed by atoms with Crippen LogP contribution in [0.1, 0.15) is 26.2 Å². The zero-order valence-electron chi connectivity index (χ0n) is 8.76. The molecule has 0 radical (unpaired) electrons. The minimum Gasteiger partial charge on any atom is -0.382 e. The Hall–Kier alpha value is -0.210. The normalized spacial score (nSPS) is 17.5. The molecule has 1 aliphatic carbocycles. The number of halogens is 2. The van der Waals surface area contributed by atoms with Gasteiger partial charge in [-0.3, -0.25) is 0 Å². The third kappa shape index (κ3) is 2.88. The van der Waals surface area contributed by atoms with Crippen molar-refractivity contribution in [2.45, 2.75) is 32.2 Å². The zero-order chi connectivity index (χ0) is 10.8. The van der Waals surface area contributed by atoms with E-state index in [1.165, 1.54) is 19.3 Å². The number of hydrogen-bond donors (Lipinski definition) is 1. The molecule has 3 heteroatoms. The van der Waals surface area contributed by atoms with Gasteiger partial charge >= 0.3 is 0 Å². The maximum atomic E-state index is 5.95. The monoisotopic (exact) mass is 287 g/mol. The van der Waals surface area contributed by atoms with Crippen molar-refractivity contribution in [1.29, 1.82) is 0 Å². The second kappa shape index (κ2) is 4.75. The van der Waals surface area contributed by atoms with Crippen molar-refractivity contribution < 1.29 is 0 Å². The SMILES string of the molecule is CCC(Nc1ccc(Cl)c(Br)c1)C1CC1. The second-order valence-corrected chi connectivity index (χ2v) is 5.39. The van der Waals surface area contributed by atoms with Crippen molar-refractivity contribution in [1.82, 2.24) is 0 Å². The van der Waals surface area contributed by atoms with E-state index in [4.69, 9.17) is 11.6 Å². The quantitative estimate of drug-likeness (QED) is 0.846. The number of hydrogen-bond acceptors (Lipinski definition) is 1. The van der Waals surface area contributed by atoms with E-state index in [2.05, 4.69) is 28.2 Å². The third-order valence-electron chi connectivity index (χ3n) is 2.90. The number of nitrogens with one attached hydrogen (secondary N) is 1. The van der Waals surface area contributed by atoms with Gasteiger partial charge in [-0.2, -0.15) is 0 Å². The van der Waals surface area contributed by atoms with E-state index in [0.717, 1.165) is 21.1 Å². The van der Waals surface area contributed by atoms with Crippen molar-refractivity contribution >= 4 is 33.2 Å². The van der Waals surface area contributed by atoms with Gasteiger partial charge in [0.1, 0.15) is 0 Å². The number of benzene rings is 1. The van der Waals surface area contributed by atoms with Crippen LogP contribution in [-0.2, 0) is 0 Å². The van der Waals surface area contributed by atoms with Crippen LogP contribution in [0.5, 0.6) is 0 Å². The van der Waals surface area contributed by atoms with Gasteiger partial charge in [0.2, 0.25) is 0 Å². The van der Waals surface area contributed by atoms with Crippen LogP contribution in [-0.4, -0.2) is 6.04 Å². The largest absolute Gasteiger partial charge is 0.382 e. The van der Waals surface area contributed by atoms with Crippen molar-refractivity contribution in [3.05, 3.63) is 27.7 Å². The Balaban J connectivity index is 2.05. The van der Waals surface area contributed by atoms with E-state index in [9.17, 15) is 0 Å². The summed E-state index contributed by atoms with van der Waals surface area (Å²) < 4.78 is 0.958. The molecular formula is C12H15BrClN. The van der Waals surface area contributed by atoms with Crippen LogP contribution in [0.15, 0.2) is 22.7 Å². The molecule has 1 unspecified atom stereocenters. The highest BCUT2D eigenvalue weighted by molar-refractivity contribution is 9.10. The highest BCUT2D eigenvalue weighted by Gasteiger charge is 2.29. The molecule has 82 valence electrons. The Kier molecular flexibility index (Phi) is 3.57. The van der Waals surface area contributed by atoms with Gasteiger partial charge in [-0.1, -0.05) is 18.5 Å². The van der Waals surface area contributed by atoms with Gasteiger partial charge in [-0.15, -0.1) is 0 Å². The molecule has 0 aliphatic heterocycles. The molecule has 1 saturated carbocycles. The predicted octanol–water partition coefficient (Wildman–Crippen LogP) is 4.70. The summed E-state index contributed by atoms with van der Waals surface area (Å²) in [5, 5.41) is 4.33. The molecule has 0 amide bonds. The topological polar surface area (TPSA) is 12.0 Å². The van der Waals surface area contributed by atoms with Gasteiger partial charge in [-0.05, 0) is 59.3 Å². The molecular weight excluding hydrogens is 273 g/mol. The van der Waals surface area contributed by atoms with Gasteiger partial charge in [0.25, 0.3) is 0 Å². The average Bonchev–Trinajstić information content (AvgIpc) is 3.03. The van der Waals surface area contributed by atoms with E-state index >= 15 is 0 Å². The minimum atomic E-state index is 0.623. The molecule has 1 atom stereocenters. The van der Waals surface area contributed by atoms with E-state index < -0.39 is 0 Å². The smallest absolute Gasteiger partial charge is 0.0549 e. The molecule has 2 rings (SSSR count). The lowest BCUT2D eigenvalue weighted by atomic mass is 10.1. The van der Waals surface area contributed by atoms with Crippen LogP contribution in [0.2, 0.25) is 5.02 Å². The van der Waals surface area contributed by atoms with E-state index in [1.807, 2.05) is 18.2 Å². The highest BCUT2D eigenvalue weighted by atomic mass is 79.9. The van der Waals surface area contributed by atoms with Gasteiger partial charge in [0.15, 0.2) is 0 Å². The van der Waals surface area contributed by atoms with Gasteiger partial charge in [0.05, 0.1) is 5.02 Å². The average molecular weight is 289 g/mol. The molecule has 0 saturated heterocycles. The van der Waals surface area contributed by atoms with Crippen molar-refractivity contribution in [2.24, 2.45) is 5.92 Å². The maximum absolute atomic E-state index is 5.95. The van der Waals surface area contributed by atoms with Crippen molar-refractivity contribution in [3.8, 4) is 0 Å². The molecule has 1 N–H and O–H groups in total. The summed E-state index contributed by atoms with van der Waals surface area (Å²) >= 11 is 9.39. The molecule has 0 spiro atoms. The Morgan fingerprint density at radius 3 is 2.80 bits per heavy atom. The molecule has 1 nitrogen and oxygen atoms in total. The lowest BCUT2D eigenvalue weighted by Crippen LogP contribution is -2.20. The van der Waals surface area contributed by atoms with Crippen LogP contribution in [0.4, 0.5) is 5.69 Å². The van der Waals surface area contributed by atoms with Crippen molar-refractivity contribution in [3.63, 3.8) is 0 Å². The van der Waals surface area contributed by atoms with E-state index in [-0.39, 0.29) is 0 Å². The van der Waals surface area contributed by atoms with Crippen LogP contribution >= 0.6 is 27.5 Å². The predicted molar refractivity (Wildman–Crippen MR) is 69.6 cm³/mol. The summed E-state index contributed by atoms with van der Waals surface area (Å²) in [6, 6.07) is 6.64. The Labute approximate surface area is 104 Å². The fourth-order valence-electron chi connectivity index (χ4n) is 1.85. The summed E-state index contributed by atoms with van der Waals surface area (Å²) in [5.41, 5.74) is 1.16. The standard InChI is InChI=1S/C12H15BrClN/c1-2-12(8-3-4-8)15-9-5-6-11(14)10(13)7-9/h5-8,12,15H,2-4H2,1H3. The van der Waals surface area contributed by atoms with E-state index in [0.29, 0.717) is 6.04 Å². The van der Waals surface area contributed by atoms with Gasteiger partial charge < -0.3 is 5.32 Å². The minimum absolute atomic E-state index is 0.623. The molecule has 15 heavy (non-hydrogen) atoms. The lowest BCUT2D eigenvalue weighted by Gasteiger charge is -2.17. The van der Waals surface area contributed by atoms with Gasteiger partial charge in [-0.25, -0.2) is 0 Å². The summed E-state index contributed by atoms with van der Waals surface area (Å²) in [5.74, 6) is 0.879. The van der Waals surface area contributed by atoms with E-state index in [1.54, 1.807) is 0 Å². The Morgan fingerprint density at radius 1 is 1.53 bits per heavy atom. The fourth-order valence-corrected chi connectivity index (χ4v) is 2.35. The summed E-state index contributed by atoms with van der Waals surface area (Å²) in [6.07, 6.45) is 3.94. The Morgan fingerprint density at radius 2 is 2.27 bits per heavy atom. The number of rotatable bonds is 4. The van der Waals surface area contributed by atoms with Crippen LogP contribution in [0.3, 0.4) is 0 Å².